The van der Waals surface area contributed by atoms with Crippen LogP contribution in [0.4, 0.5) is 4.79 Å². The smallest absolute Gasteiger partial charge is 0.408 e. The maximum absolute atomic E-state index is 14.3. The first kappa shape index (κ1) is 33.9. The first-order valence-corrected chi connectivity index (χ1v) is 13.7. The van der Waals surface area contributed by atoms with Crippen molar-refractivity contribution in [1.29, 1.82) is 0 Å². The molecule has 4 N–H and O–H groups in total. The standard InChI is InChI=1S/C30H50N4O5/c1-18(2)15-16-20(4)34(27(37)23(17-24(31)35)32-28(38)39-30(9,10)11)25(26(36)33-29(6,7)8)22-14-12-13-19(3)21(22)5/h12-14,18,20,23,25H,15-17H2,1-11H3,(H2,31,35)(H,32,38)(H,33,36). The molecule has 0 aliphatic rings. The van der Waals surface area contributed by atoms with Gasteiger partial charge in [-0.15, -0.1) is 0 Å². The predicted molar refractivity (Wildman–Crippen MR) is 154 cm³/mol. The normalized spacial score (nSPS) is 14.3. The maximum atomic E-state index is 14.3. The van der Waals surface area contributed by atoms with Crippen LogP contribution in [0.15, 0.2) is 18.2 Å². The summed E-state index contributed by atoms with van der Waals surface area (Å²) in [6.45, 7) is 20.7. The summed E-state index contributed by atoms with van der Waals surface area (Å²) in [5.74, 6) is -1.32. The van der Waals surface area contributed by atoms with Crippen molar-refractivity contribution >= 4 is 23.8 Å². The van der Waals surface area contributed by atoms with Crippen molar-refractivity contribution in [3.8, 4) is 0 Å². The molecule has 1 rings (SSSR count). The maximum Gasteiger partial charge on any atom is 0.408 e. The second kappa shape index (κ2) is 13.8. The van der Waals surface area contributed by atoms with Gasteiger partial charge in [-0.3, -0.25) is 14.4 Å². The molecule has 0 radical (unpaired) electrons. The fourth-order valence-corrected chi connectivity index (χ4v) is 4.27. The summed E-state index contributed by atoms with van der Waals surface area (Å²) in [5, 5.41) is 5.57. The number of alkyl carbamates (subject to hydrolysis) is 1. The number of benzene rings is 1. The number of aryl methyl sites for hydroxylation is 1. The Balaban J connectivity index is 3.76. The molecule has 0 aromatic heterocycles. The molecule has 4 amide bonds. The van der Waals surface area contributed by atoms with E-state index >= 15 is 0 Å². The summed E-state index contributed by atoms with van der Waals surface area (Å²) < 4.78 is 5.36. The average Bonchev–Trinajstić information content (AvgIpc) is 2.74. The zero-order valence-electron chi connectivity index (χ0n) is 25.7. The summed E-state index contributed by atoms with van der Waals surface area (Å²) in [5.41, 5.74) is 6.65. The van der Waals surface area contributed by atoms with Gasteiger partial charge in [0.25, 0.3) is 0 Å². The molecule has 3 atom stereocenters. The number of hydrogen-bond donors (Lipinski definition) is 3. The number of amides is 4. The predicted octanol–water partition coefficient (Wildman–Crippen LogP) is 4.68. The summed E-state index contributed by atoms with van der Waals surface area (Å²) >= 11 is 0. The van der Waals surface area contributed by atoms with Gasteiger partial charge in [-0.1, -0.05) is 32.0 Å². The van der Waals surface area contributed by atoms with Gasteiger partial charge in [0.15, 0.2) is 0 Å². The van der Waals surface area contributed by atoms with Crippen molar-refractivity contribution in [2.24, 2.45) is 11.7 Å². The van der Waals surface area contributed by atoms with E-state index in [9.17, 15) is 19.2 Å². The van der Waals surface area contributed by atoms with Crippen LogP contribution >= 0.6 is 0 Å². The molecule has 3 unspecified atom stereocenters. The van der Waals surface area contributed by atoms with E-state index in [-0.39, 0.29) is 5.91 Å². The number of rotatable bonds is 11. The Morgan fingerprint density at radius 1 is 0.974 bits per heavy atom. The second-order valence-electron chi connectivity index (χ2n) is 12.9. The minimum atomic E-state index is -1.31. The Hall–Kier alpha value is -3.10. The molecule has 1 aromatic carbocycles. The molecule has 1 aromatic rings. The molecule has 0 aliphatic heterocycles. The van der Waals surface area contributed by atoms with Gasteiger partial charge in [-0.25, -0.2) is 4.79 Å². The number of ether oxygens (including phenoxy) is 1. The lowest BCUT2D eigenvalue weighted by atomic mass is 9.92. The largest absolute Gasteiger partial charge is 0.444 e. The van der Waals surface area contributed by atoms with E-state index < -0.39 is 53.6 Å². The van der Waals surface area contributed by atoms with Crippen LogP contribution < -0.4 is 16.4 Å². The van der Waals surface area contributed by atoms with Crippen molar-refractivity contribution in [1.82, 2.24) is 15.5 Å². The molecule has 0 fully saturated rings. The lowest BCUT2D eigenvalue weighted by Crippen LogP contribution is -2.57. The van der Waals surface area contributed by atoms with Crippen LogP contribution in [0.3, 0.4) is 0 Å². The Morgan fingerprint density at radius 3 is 2.05 bits per heavy atom. The van der Waals surface area contributed by atoms with Crippen molar-refractivity contribution in [2.45, 2.75) is 125 Å². The minimum absolute atomic E-state index is 0.351. The van der Waals surface area contributed by atoms with Gasteiger partial charge in [-0.05, 0) is 97.8 Å². The molecular weight excluding hydrogens is 496 g/mol. The van der Waals surface area contributed by atoms with Crippen LogP contribution in [0.25, 0.3) is 0 Å². The lowest BCUT2D eigenvalue weighted by Gasteiger charge is -2.40. The molecular formula is C30H50N4O5. The number of carbonyl (C=O) groups is 4. The zero-order chi connectivity index (χ0) is 30.3. The van der Waals surface area contributed by atoms with E-state index in [2.05, 4.69) is 24.5 Å². The highest BCUT2D eigenvalue weighted by atomic mass is 16.6. The van der Waals surface area contributed by atoms with Crippen LogP contribution in [0, 0.1) is 19.8 Å². The summed E-state index contributed by atoms with van der Waals surface area (Å²) in [6, 6.07) is 2.94. The molecule has 9 heteroatoms. The zero-order valence-corrected chi connectivity index (χ0v) is 25.7. The van der Waals surface area contributed by atoms with Gasteiger partial charge in [-0.2, -0.15) is 0 Å². The molecule has 0 saturated heterocycles. The van der Waals surface area contributed by atoms with Crippen LogP contribution in [0.5, 0.6) is 0 Å². The third-order valence-electron chi connectivity index (χ3n) is 6.25. The van der Waals surface area contributed by atoms with Crippen molar-refractivity contribution in [3.63, 3.8) is 0 Å². The van der Waals surface area contributed by atoms with Gasteiger partial charge < -0.3 is 26.0 Å². The highest BCUT2D eigenvalue weighted by Crippen LogP contribution is 2.31. The summed E-state index contributed by atoms with van der Waals surface area (Å²) in [6.07, 6.45) is 0.139. The number of primary amides is 1. The van der Waals surface area contributed by atoms with Crippen LogP contribution in [0.1, 0.15) is 104 Å². The lowest BCUT2D eigenvalue weighted by molar-refractivity contribution is -0.146. The molecule has 0 heterocycles. The van der Waals surface area contributed by atoms with Gasteiger partial charge >= 0.3 is 6.09 Å². The van der Waals surface area contributed by atoms with E-state index in [1.807, 2.05) is 59.7 Å². The van der Waals surface area contributed by atoms with E-state index in [1.165, 1.54) is 4.90 Å². The number of nitrogens with one attached hydrogen (secondary N) is 2. The topological polar surface area (TPSA) is 131 Å². The highest BCUT2D eigenvalue weighted by Gasteiger charge is 2.40. The fourth-order valence-electron chi connectivity index (χ4n) is 4.27. The Kier molecular flexibility index (Phi) is 12.0. The SMILES string of the molecule is Cc1cccc(C(C(=O)NC(C)(C)C)N(C(=O)C(CC(N)=O)NC(=O)OC(C)(C)C)C(C)CCC(C)C)c1C. The van der Waals surface area contributed by atoms with Crippen LogP contribution in [-0.2, 0) is 19.1 Å². The van der Waals surface area contributed by atoms with E-state index in [1.54, 1.807) is 20.8 Å². The van der Waals surface area contributed by atoms with Crippen LogP contribution in [0.2, 0.25) is 0 Å². The fraction of sp³-hybridized carbons (Fsp3) is 0.667. The first-order valence-electron chi connectivity index (χ1n) is 13.7. The molecule has 0 aliphatic carbocycles. The van der Waals surface area contributed by atoms with Gasteiger partial charge in [0.2, 0.25) is 17.7 Å². The number of carbonyl (C=O) groups excluding carboxylic acids is 4. The first-order chi connectivity index (χ1) is 17.7. The molecule has 0 bridgehead atoms. The molecule has 39 heavy (non-hydrogen) atoms. The monoisotopic (exact) mass is 546 g/mol. The Labute approximate surface area is 234 Å². The van der Waals surface area contributed by atoms with Gasteiger partial charge in [0.1, 0.15) is 17.7 Å². The molecule has 0 spiro atoms. The van der Waals surface area contributed by atoms with E-state index in [4.69, 9.17) is 10.5 Å². The molecule has 220 valence electrons. The highest BCUT2D eigenvalue weighted by molar-refractivity contribution is 5.95. The van der Waals surface area contributed by atoms with Crippen molar-refractivity contribution in [2.75, 3.05) is 0 Å². The average molecular weight is 547 g/mol. The van der Waals surface area contributed by atoms with Crippen molar-refractivity contribution in [3.05, 3.63) is 34.9 Å². The second-order valence-corrected chi connectivity index (χ2v) is 12.9. The van der Waals surface area contributed by atoms with E-state index in [0.29, 0.717) is 17.9 Å². The van der Waals surface area contributed by atoms with Gasteiger partial charge in [0, 0.05) is 11.6 Å². The summed E-state index contributed by atoms with van der Waals surface area (Å²) in [4.78, 5) is 54.5. The third-order valence-corrected chi connectivity index (χ3v) is 6.25. The minimum Gasteiger partial charge on any atom is -0.444 e. The summed E-state index contributed by atoms with van der Waals surface area (Å²) in [7, 11) is 0. The van der Waals surface area contributed by atoms with Crippen molar-refractivity contribution < 1.29 is 23.9 Å². The van der Waals surface area contributed by atoms with E-state index in [0.717, 1.165) is 17.5 Å². The number of nitrogens with zero attached hydrogens (tertiary/aromatic N) is 1. The van der Waals surface area contributed by atoms with Crippen LogP contribution in [-0.4, -0.2) is 51.9 Å². The third kappa shape index (κ3) is 11.3. The Bertz CT molecular complexity index is 1020. The number of nitrogens with two attached hydrogens (primary N) is 1. The quantitative estimate of drug-likeness (QED) is 0.371. The molecule has 0 saturated carbocycles. The Morgan fingerprint density at radius 2 is 1.56 bits per heavy atom. The number of hydrogen-bond acceptors (Lipinski definition) is 5. The van der Waals surface area contributed by atoms with Gasteiger partial charge in [0.05, 0.1) is 6.42 Å². The molecule has 9 nitrogen and oxygen atoms in total.